The number of furan rings is 1. The average molecular weight is 448 g/mol. The number of hydrogen-bond donors (Lipinski definition) is 1. The summed E-state index contributed by atoms with van der Waals surface area (Å²) in [6.45, 7) is 9.08. The van der Waals surface area contributed by atoms with Crippen molar-refractivity contribution in [2.24, 2.45) is 0 Å². The van der Waals surface area contributed by atoms with Crippen molar-refractivity contribution in [3.8, 4) is 22.6 Å². The van der Waals surface area contributed by atoms with E-state index in [9.17, 15) is 4.79 Å². The van der Waals surface area contributed by atoms with Gasteiger partial charge in [-0.15, -0.1) is 0 Å². The summed E-state index contributed by atoms with van der Waals surface area (Å²) < 4.78 is 17.6. The molecule has 0 saturated heterocycles. The third-order valence-electron chi connectivity index (χ3n) is 6.28. The summed E-state index contributed by atoms with van der Waals surface area (Å²) in [4.78, 5) is 12.7. The van der Waals surface area contributed by atoms with Gasteiger partial charge in [0.1, 0.15) is 17.1 Å². The highest BCUT2D eigenvalue weighted by atomic mass is 16.5. The van der Waals surface area contributed by atoms with Crippen molar-refractivity contribution in [3.63, 3.8) is 0 Å². The van der Waals surface area contributed by atoms with Crippen molar-refractivity contribution in [1.82, 2.24) is 5.32 Å². The second-order valence-corrected chi connectivity index (χ2v) is 8.61. The Morgan fingerprint density at radius 2 is 1.82 bits per heavy atom. The molecule has 1 aromatic heterocycles. The Kier molecular flexibility index (Phi) is 7.07. The normalized spacial score (nSPS) is 14.6. The summed E-state index contributed by atoms with van der Waals surface area (Å²) in [6.07, 6.45) is 7.99. The molecule has 0 atom stereocenters. The highest BCUT2D eigenvalue weighted by Gasteiger charge is 2.20. The number of rotatable bonds is 8. The van der Waals surface area contributed by atoms with Crippen LogP contribution >= 0.6 is 0 Å². The van der Waals surface area contributed by atoms with Gasteiger partial charge in [-0.05, 0) is 69.9 Å². The maximum atomic E-state index is 12.7. The van der Waals surface area contributed by atoms with E-state index in [0.717, 1.165) is 63.1 Å². The molecule has 0 unspecified atom stereocenters. The lowest BCUT2D eigenvalue weighted by atomic mass is 9.96. The second kappa shape index (κ2) is 10.2. The standard InChI is InChI=1S/C28H33NO4/c1-5-31-22-13-11-20(12-14-22)25-17-33-28-19(4)27(32-6-2)23(16-24(25)28)18(3)15-26(30)29-21-9-7-8-10-21/h11-17,21H,5-10H2,1-4H3,(H,29,30)/b18-15+. The molecular formula is C28H33NO4. The summed E-state index contributed by atoms with van der Waals surface area (Å²) in [6, 6.07) is 10.4. The molecule has 3 aromatic rings. The minimum absolute atomic E-state index is 0.0430. The van der Waals surface area contributed by atoms with Crippen LogP contribution in [0.5, 0.6) is 11.5 Å². The third-order valence-corrected chi connectivity index (χ3v) is 6.28. The number of ether oxygens (including phenoxy) is 2. The first-order valence-electron chi connectivity index (χ1n) is 11.9. The maximum absolute atomic E-state index is 12.7. The number of carbonyl (C=O) groups excluding carboxylic acids is 1. The van der Waals surface area contributed by atoms with Crippen LogP contribution < -0.4 is 14.8 Å². The van der Waals surface area contributed by atoms with Crippen molar-refractivity contribution in [3.05, 3.63) is 53.8 Å². The first-order chi connectivity index (χ1) is 16.0. The lowest BCUT2D eigenvalue weighted by molar-refractivity contribution is -0.117. The van der Waals surface area contributed by atoms with Crippen LogP contribution in [0.25, 0.3) is 27.7 Å². The first-order valence-corrected chi connectivity index (χ1v) is 11.9. The van der Waals surface area contributed by atoms with Gasteiger partial charge in [0.15, 0.2) is 0 Å². The van der Waals surface area contributed by atoms with Crippen molar-refractivity contribution in [1.29, 1.82) is 0 Å². The lowest BCUT2D eigenvalue weighted by Crippen LogP contribution is -2.31. The van der Waals surface area contributed by atoms with E-state index in [4.69, 9.17) is 13.9 Å². The zero-order valence-corrected chi connectivity index (χ0v) is 20.0. The van der Waals surface area contributed by atoms with Crippen LogP contribution in [0, 0.1) is 6.92 Å². The summed E-state index contributed by atoms with van der Waals surface area (Å²) in [5, 5.41) is 4.14. The number of benzene rings is 2. The van der Waals surface area contributed by atoms with E-state index < -0.39 is 0 Å². The van der Waals surface area contributed by atoms with Crippen LogP contribution in [-0.4, -0.2) is 25.2 Å². The van der Waals surface area contributed by atoms with E-state index in [-0.39, 0.29) is 11.9 Å². The van der Waals surface area contributed by atoms with Gasteiger partial charge in [0.25, 0.3) is 0 Å². The number of carbonyl (C=O) groups is 1. The van der Waals surface area contributed by atoms with Gasteiger partial charge in [0, 0.05) is 34.2 Å². The van der Waals surface area contributed by atoms with Crippen LogP contribution in [0.15, 0.2) is 47.1 Å². The molecule has 2 aromatic carbocycles. The molecule has 1 fully saturated rings. The molecule has 1 saturated carbocycles. The van der Waals surface area contributed by atoms with Crippen molar-refractivity contribution in [2.75, 3.05) is 13.2 Å². The largest absolute Gasteiger partial charge is 0.494 e. The Bertz CT molecular complexity index is 1150. The van der Waals surface area contributed by atoms with Crippen molar-refractivity contribution >= 4 is 22.4 Å². The van der Waals surface area contributed by atoms with Gasteiger partial charge in [-0.3, -0.25) is 4.79 Å². The van der Waals surface area contributed by atoms with Crippen molar-refractivity contribution < 1.29 is 18.7 Å². The zero-order chi connectivity index (χ0) is 23.4. The monoisotopic (exact) mass is 447 g/mol. The number of hydrogen-bond acceptors (Lipinski definition) is 4. The van der Waals surface area contributed by atoms with E-state index in [1.807, 2.05) is 52.0 Å². The van der Waals surface area contributed by atoms with Gasteiger partial charge in [-0.25, -0.2) is 0 Å². The summed E-state index contributed by atoms with van der Waals surface area (Å²) in [5.74, 6) is 1.56. The fourth-order valence-electron chi connectivity index (χ4n) is 4.65. The molecule has 0 radical (unpaired) electrons. The Labute approximate surface area is 195 Å². The van der Waals surface area contributed by atoms with Gasteiger partial charge >= 0.3 is 0 Å². The van der Waals surface area contributed by atoms with Gasteiger partial charge in [-0.1, -0.05) is 25.0 Å². The van der Waals surface area contributed by atoms with E-state index >= 15 is 0 Å². The molecule has 0 aliphatic heterocycles. The average Bonchev–Trinajstić information content (AvgIpc) is 3.46. The summed E-state index contributed by atoms with van der Waals surface area (Å²) in [7, 11) is 0. The van der Waals surface area contributed by atoms with Crippen LogP contribution in [-0.2, 0) is 4.79 Å². The predicted octanol–water partition coefficient (Wildman–Crippen LogP) is 6.67. The number of fused-ring (bicyclic) bond motifs is 1. The first kappa shape index (κ1) is 23.0. The molecule has 1 aliphatic carbocycles. The van der Waals surface area contributed by atoms with Crippen LogP contribution in [0.3, 0.4) is 0 Å². The fourth-order valence-corrected chi connectivity index (χ4v) is 4.65. The molecule has 5 nitrogen and oxygen atoms in total. The van der Waals surface area contributed by atoms with Crippen LogP contribution in [0.4, 0.5) is 0 Å². The van der Waals surface area contributed by atoms with E-state index in [2.05, 4.69) is 11.4 Å². The topological polar surface area (TPSA) is 60.7 Å². The van der Waals surface area contributed by atoms with E-state index in [1.54, 1.807) is 12.3 Å². The maximum Gasteiger partial charge on any atom is 0.244 e. The zero-order valence-electron chi connectivity index (χ0n) is 20.0. The predicted molar refractivity (Wildman–Crippen MR) is 133 cm³/mol. The minimum Gasteiger partial charge on any atom is -0.494 e. The third kappa shape index (κ3) is 4.92. The second-order valence-electron chi connectivity index (χ2n) is 8.61. The Balaban J connectivity index is 1.74. The molecule has 5 heteroatoms. The molecule has 0 bridgehead atoms. The lowest BCUT2D eigenvalue weighted by Gasteiger charge is -2.15. The van der Waals surface area contributed by atoms with Gasteiger partial charge in [-0.2, -0.15) is 0 Å². The molecule has 1 aliphatic rings. The Morgan fingerprint density at radius 1 is 1.12 bits per heavy atom. The highest BCUT2D eigenvalue weighted by Crippen LogP contribution is 2.41. The van der Waals surface area contributed by atoms with Gasteiger partial charge in [0.2, 0.25) is 5.91 Å². The highest BCUT2D eigenvalue weighted by molar-refractivity contribution is 6.01. The quantitative estimate of drug-likeness (QED) is 0.392. The SMILES string of the molecule is CCOc1ccc(-c2coc3c(C)c(OCC)c(/C(C)=C/C(=O)NC4CCCC4)cc23)cc1. The van der Waals surface area contributed by atoms with Crippen LogP contribution in [0.2, 0.25) is 0 Å². The Morgan fingerprint density at radius 3 is 2.48 bits per heavy atom. The summed E-state index contributed by atoms with van der Waals surface area (Å²) >= 11 is 0. The number of allylic oxidation sites excluding steroid dienone is 1. The molecule has 33 heavy (non-hydrogen) atoms. The molecule has 1 amide bonds. The van der Waals surface area contributed by atoms with E-state index in [1.165, 1.54) is 12.8 Å². The molecular weight excluding hydrogens is 414 g/mol. The molecule has 174 valence electrons. The van der Waals surface area contributed by atoms with Crippen LogP contribution in [0.1, 0.15) is 57.6 Å². The molecule has 4 rings (SSSR count). The fraction of sp³-hybridized carbons (Fsp3) is 0.393. The van der Waals surface area contributed by atoms with Gasteiger partial charge < -0.3 is 19.2 Å². The molecule has 0 spiro atoms. The number of nitrogens with one attached hydrogen (secondary N) is 1. The summed E-state index contributed by atoms with van der Waals surface area (Å²) in [5.41, 5.74) is 5.57. The number of aryl methyl sites for hydroxylation is 1. The smallest absolute Gasteiger partial charge is 0.244 e. The molecule has 1 N–H and O–H groups in total. The minimum atomic E-state index is -0.0430. The molecule has 1 heterocycles. The van der Waals surface area contributed by atoms with E-state index in [0.29, 0.717) is 13.2 Å². The number of amides is 1. The van der Waals surface area contributed by atoms with Gasteiger partial charge in [0.05, 0.1) is 19.5 Å². The van der Waals surface area contributed by atoms with Crippen molar-refractivity contribution in [2.45, 2.75) is 59.4 Å². The Hall–Kier alpha value is -3.21.